The number of hydrogen-bond donors (Lipinski definition) is 1. The molecule has 1 fully saturated rings. The van der Waals surface area contributed by atoms with Crippen LogP contribution in [0.1, 0.15) is 60.3 Å². The Morgan fingerprint density at radius 3 is 2.06 bits per heavy atom. The quantitative estimate of drug-likeness (QED) is 0.724. The fourth-order valence-electron chi connectivity index (χ4n) is 2.95. The number of rotatable bonds is 3. The van der Waals surface area contributed by atoms with E-state index in [-0.39, 0.29) is 0 Å². The van der Waals surface area contributed by atoms with Crippen LogP contribution in [0.3, 0.4) is 0 Å². The van der Waals surface area contributed by atoms with E-state index >= 15 is 0 Å². The van der Waals surface area contributed by atoms with Gasteiger partial charge in [0.15, 0.2) is 0 Å². The van der Waals surface area contributed by atoms with Gasteiger partial charge in [-0.2, -0.15) is 0 Å². The third kappa shape index (κ3) is 4.46. The molecule has 1 saturated carbocycles. The van der Waals surface area contributed by atoms with Gasteiger partial charge in [0.2, 0.25) is 0 Å². The Morgan fingerprint density at radius 1 is 1.18 bits per heavy atom. The van der Waals surface area contributed by atoms with Gasteiger partial charge < -0.3 is 5.73 Å². The molecule has 0 atom stereocenters. The van der Waals surface area contributed by atoms with Gasteiger partial charge in [0.05, 0.1) is 0 Å². The lowest BCUT2D eigenvalue weighted by Gasteiger charge is -2.36. The molecule has 1 nitrogen and oxygen atoms in total. The van der Waals surface area contributed by atoms with E-state index in [4.69, 9.17) is 5.73 Å². The van der Waals surface area contributed by atoms with Crippen molar-refractivity contribution in [1.29, 1.82) is 0 Å². The number of nitrogens with two attached hydrogens (primary N) is 1. The molecule has 0 aromatic heterocycles. The van der Waals surface area contributed by atoms with Crippen molar-refractivity contribution in [1.82, 2.24) is 0 Å². The average Bonchev–Trinajstić information content (AvgIpc) is 2.25. The van der Waals surface area contributed by atoms with E-state index in [2.05, 4.69) is 40.7 Å². The van der Waals surface area contributed by atoms with Crippen LogP contribution in [-0.4, -0.2) is 6.54 Å². The van der Waals surface area contributed by atoms with Gasteiger partial charge in [-0.3, -0.25) is 0 Å². The smallest absolute Gasteiger partial charge is 0.0139 e. The van der Waals surface area contributed by atoms with Crippen molar-refractivity contribution >= 4 is 0 Å². The molecule has 0 aromatic rings. The molecule has 0 aliphatic heterocycles. The fraction of sp³-hybridized carbons (Fsp3) is 0.875. The fourth-order valence-corrected chi connectivity index (χ4v) is 2.95. The van der Waals surface area contributed by atoms with Crippen molar-refractivity contribution in [3.05, 3.63) is 11.6 Å². The summed E-state index contributed by atoms with van der Waals surface area (Å²) in [7, 11) is 0. The second kappa shape index (κ2) is 6.04. The third-order valence-corrected chi connectivity index (χ3v) is 4.42. The van der Waals surface area contributed by atoms with E-state index in [9.17, 15) is 0 Å². The van der Waals surface area contributed by atoms with Crippen molar-refractivity contribution < 1.29 is 0 Å². The van der Waals surface area contributed by atoms with Gasteiger partial charge in [0.25, 0.3) is 0 Å². The minimum atomic E-state index is 0.490. The summed E-state index contributed by atoms with van der Waals surface area (Å²) in [5.41, 5.74) is 7.76. The predicted octanol–water partition coefficient (Wildman–Crippen LogP) is 4.38. The minimum absolute atomic E-state index is 0.490. The Hall–Kier alpha value is -0.300. The zero-order valence-electron chi connectivity index (χ0n) is 12.4. The first kappa shape index (κ1) is 14.8. The molecular formula is C16H31N. The lowest BCUT2D eigenvalue weighted by atomic mass is 9.69. The maximum Gasteiger partial charge on any atom is 0.0139 e. The predicted molar refractivity (Wildman–Crippen MR) is 76.9 cm³/mol. The Kier molecular flexibility index (Phi) is 5.24. The Labute approximate surface area is 108 Å². The molecule has 0 bridgehead atoms. The average molecular weight is 237 g/mol. The zero-order valence-corrected chi connectivity index (χ0v) is 12.4. The second-order valence-electron chi connectivity index (χ2n) is 7.08. The van der Waals surface area contributed by atoms with Crippen LogP contribution in [-0.2, 0) is 0 Å². The summed E-state index contributed by atoms with van der Waals surface area (Å²) < 4.78 is 0. The normalized spacial score (nSPS) is 27.6. The van der Waals surface area contributed by atoms with E-state index in [0.29, 0.717) is 11.3 Å². The maximum absolute atomic E-state index is 5.82. The summed E-state index contributed by atoms with van der Waals surface area (Å²) in [4.78, 5) is 0. The Morgan fingerprint density at radius 2 is 1.71 bits per heavy atom. The summed E-state index contributed by atoms with van der Waals surface area (Å²) in [6, 6.07) is 0. The molecule has 1 rings (SSSR count). The van der Waals surface area contributed by atoms with Crippen LogP contribution in [0.4, 0.5) is 0 Å². The zero-order chi connectivity index (χ0) is 13.1. The molecule has 100 valence electrons. The molecular weight excluding hydrogens is 206 g/mol. The van der Waals surface area contributed by atoms with Crippen molar-refractivity contribution in [2.75, 3.05) is 6.54 Å². The molecule has 1 aliphatic rings. The topological polar surface area (TPSA) is 26.0 Å². The van der Waals surface area contributed by atoms with Crippen molar-refractivity contribution in [2.45, 2.75) is 60.3 Å². The third-order valence-electron chi connectivity index (χ3n) is 4.42. The standard InChI is InChI=1S/C16H31N/c1-12(2)14(11-17)10-13-6-8-15(9-7-13)16(3,4)5/h10,12-13,15H,6-9,11,17H2,1-5H3. The molecule has 1 aliphatic carbocycles. The van der Waals surface area contributed by atoms with Crippen LogP contribution in [0.15, 0.2) is 11.6 Å². The van der Waals surface area contributed by atoms with E-state index < -0.39 is 0 Å². The Balaban J connectivity index is 2.52. The highest BCUT2D eigenvalue weighted by molar-refractivity contribution is 5.09. The van der Waals surface area contributed by atoms with Gasteiger partial charge in [-0.05, 0) is 48.9 Å². The van der Waals surface area contributed by atoms with Crippen molar-refractivity contribution in [3.63, 3.8) is 0 Å². The van der Waals surface area contributed by atoms with E-state index in [1.54, 1.807) is 0 Å². The van der Waals surface area contributed by atoms with Crippen LogP contribution in [0.2, 0.25) is 0 Å². The summed E-state index contributed by atoms with van der Waals surface area (Å²) in [5.74, 6) is 2.31. The maximum atomic E-state index is 5.82. The van der Waals surface area contributed by atoms with Gasteiger partial charge in [0, 0.05) is 6.54 Å². The van der Waals surface area contributed by atoms with Crippen molar-refractivity contribution in [2.24, 2.45) is 28.9 Å². The molecule has 0 spiro atoms. The van der Waals surface area contributed by atoms with Gasteiger partial charge in [-0.15, -0.1) is 0 Å². The summed E-state index contributed by atoms with van der Waals surface area (Å²) >= 11 is 0. The molecule has 2 N–H and O–H groups in total. The first-order valence-corrected chi connectivity index (χ1v) is 7.25. The van der Waals surface area contributed by atoms with Crippen molar-refractivity contribution in [3.8, 4) is 0 Å². The van der Waals surface area contributed by atoms with Gasteiger partial charge >= 0.3 is 0 Å². The second-order valence-corrected chi connectivity index (χ2v) is 7.08. The van der Waals surface area contributed by atoms with Crippen LogP contribution < -0.4 is 5.73 Å². The lowest BCUT2D eigenvalue weighted by Crippen LogP contribution is -2.25. The number of hydrogen-bond acceptors (Lipinski definition) is 1. The largest absolute Gasteiger partial charge is 0.327 e. The van der Waals surface area contributed by atoms with Crippen LogP contribution in [0.5, 0.6) is 0 Å². The molecule has 0 aromatic carbocycles. The summed E-state index contributed by atoms with van der Waals surface area (Å²) in [6.45, 7) is 12.4. The molecule has 0 amide bonds. The lowest BCUT2D eigenvalue weighted by molar-refractivity contribution is 0.162. The highest BCUT2D eigenvalue weighted by Crippen LogP contribution is 2.40. The SMILES string of the molecule is CC(C)C(=CC1CCC(C(C)(C)C)CC1)CN. The van der Waals surface area contributed by atoms with Crippen LogP contribution in [0, 0.1) is 23.2 Å². The molecule has 1 heteroatoms. The monoisotopic (exact) mass is 237 g/mol. The van der Waals surface area contributed by atoms with E-state index in [1.807, 2.05) is 0 Å². The molecule has 0 unspecified atom stereocenters. The molecule has 17 heavy (non-hydrogen) atoms. The van der Waals surface area contributed by atoms with E-state index in [1.165, 1.54) is 31.3 Å². The first-order valence-electron chi connectivity index (χ1n) is 7.25. The Bertz CT molecular complexity index is 249. The highest BCUT2D eigenvalue weighted by atomic mass is 14.5. The van der Waals surface area contributed by atoms with E-state index in [0.717, 1.165) is 18.4 Å². The van der Waals surface area contributed by atoms with Crippen LogP contribution >= 0.6 is 0 Å². The van der Waals surface area contributed by atoms with Gasteiger partial charge in [-0.25, -0.2) is 0 Å². The summed E-state index contributed by atoms with van der Waals surface area (Å²) in [5, 5.41) is 0. The van der Waals surface area contributed by atoms with Gasteiger partial charge in [0.1, 0.15) is 0 Å². The first-order chi connectivity index (χ1) is 7.84. The van der Waals surface area contributed by atoms with Gasteiger partial charge in [-0.1, -0.05) is 46.3 Å². The summed E-state index contributed by atoms with van der Waals surface area (Å²) in [6.07, 6.45) is 7.97. The highest BCUT2D eigenvalue weighted by Gasteiger charge is 2.29. The minimum Gasteiger partial charge on any atom is -0.327 e. The molecule has 0 heterocycles. The molecule has 0 radical (unpaired) electrons. The van der Waals surface area contributed by atoms with Crippen LogP contribution in [0.25, 0.3) is 0 Å². The molecule has 0 saturated heterocycles. The number of allylic oxidation sites excluding steroid dienone is 1.